The van der Waals surface area contributed by atoms with Crippen LogP contribution in [-0.2, 0) is 6.42 Å². The molecule has 1 unspecified atom stereocenters. The van der Waals surface area contributed by atoms with E-state index in [2.05, 4.69) is 36.6 Å². The summed E-state index contributed by atoms with van der Waals surface area (Å²) >= 11 is 0. The number of rotatable bonds is 4. The molecule has 2 N–H and O–H groups in total. The second kappa shape index (κ2) is 4.88. The van der Waals surface area contributed by atoms with E-state index in [0.29, 0.717) is 6.04 Å². The van der Waals surface area contributed by atoms with E-state index in [1.165, 1.54) is 5.52 Å². The van der Waals surface area contributed by atoms with Crippen LogP contribution < -0.4 is 5.73 Å². The Morgan fingerprint density at radius 2 is 1.94 bits per heavy atom. The summed E-state index contributed by atoms with van der Waals surface area (Å²) < 4.78 is 2.32. The molecule has 0 saturated carbocycles. The molecule has 1 aromatic carbocycles. The van der Waals surface area contributed by atoms with Gasteiger partial charge in [0, 0.05) is 18.5 Å². The van der Waals surface area contributed by atoms with E-state index in [1.54, 1.807) is 0 Å². The topological polar surface area (TPSA) is 43.8 Å². The molecule has 0 aliphatic carbocycles. The third kappa shape index (κ3) is 2.50. The minimum atomic E-state index is 0.232. The van der Waals surface area contributed by atoms with Crippen molar-refractivity contribution in [3.63, 3.8) is 0 Å². The van der Waals surface area contributed by atoms with Crippen molar-refractivity contribution in [3.05, 3.63) is 30.1 Å². The highest BCUT2D eigenvalue weighted by atomic mass is 15.1. The lowest BCUT2D eigenvalue weighted by atomic mass is 10.2. The van der Waals surface area contributed by atoms with Gasteiger partial charge in [0.2, 0.25) is 0 Å². The Kier molecular flexibility index (Phi) is 3.48. The molecule has 1 heterocycles. The van der Waals surface area contributed by atoms with Crippen LogP contribution in [0.5, 0.6) is 0 Å². The van der Waals surface area contributed by atoms with Gasteiger partial charge in [-0.1, -0.05) is 12.1 Å². The van der Waals surface area contributed by atoms with E-state index >= 15 is 0 Å². The molecule has 0 spiro atoms. The molecule has 2 rings (SSSR count). The monoisotopic (exact) mass is 231 g/mol. The number of hydrogen-bond acceptors (Lipinski definition) is 2. The smallest absolute Gasteiger partial charge is 0.110 e. The summed E-state index contributed by atoms with van der Waals surface area (Å²) in [4.78, 5) is 4.71. The van der Waals surface area contributed by atoms with Crippen LogP contribution >= 0.6 is 0 Å². The number of aryl methyl sites for hydroxylation is 1. The quantitative estimate of drug-likeness (QED) is 0.879. The van der Waals surface area contributed by atoms with Crippen LogP contribution in [0.15, 0.2) is 24.3 Å². The van der Waals surface area contributed by atoms with Crippen molar-refractivity contribution < 1.29 is 0 Å². The predicted molar refractivity (Wildman–Crippen MR) is 72.1 cm³/mol. The minimum Gasteiger partial charge on any atom is -0.328 e. The molecule has 2 aromatic rings. The van der Waals surface area contributed by atoms with E-state index in [9.17, 15) is 0 Å². The second-order valence-corrected chi connectivity index (χ2v) is 5.00. The number of nitrogens with zero attached hydrogens (tertiary/aromatic N) is 2. The summed E-state index contributed by atoms with van der Waals surface area (Å²) in [5.41, 5.74) is 8.13. The Hall–Kier alpha value is -1.35. The molecule has 3 nitrogen and oxygen atoms in total. The number of nitrogens with two attached hydrogens (primary N) is 1. The first-order valence-electron chi connectivity index (χ1n) is 6.31. The fraction of sp³-hybridized carbons (Fsp3) is 0.500. The first-order chi connectivity index (χ1) is 8.09. The molecule has 17 heavy (non-hydrogen) atoms. The Labute approximate surface area is 103 Å². The summed E-state index contributed by atoms with van der Waals surface area (Å²) in [6.07, 6.45) is 1.93. The van der Waals surface area contributed by atoms with Gasteiger partial charge in [-0.3, -0.25) is 0 Å². The maximum absolute atomic E-state index is 5.82. The number of aromatic nitrogens is 2. The highest BCUT2D eigenvalue weighted by Gasteiger charge is 2.12. The second-order valence-electron chi connectivity index (χ2n) is 5.00. The van der Waals surface area contributed by atoms with Gasteiger partial charge in [0.15, 0.2) is 0 Å². The predicted octanol–water partition coefficient (Wildman–Crippen LogP) is 2.90. The zero-order valence-corrected chi connectivity index (χ0v) is 10.9. The van der Waals surface area contributed by atoms with Crippen molar-refractivity contribution in [3.8, 4) is 0 Å². The van der Waals surface area contributed by atoms with Crippen LogP contribution in [0.2, 0.25) is 0 Å². The largest absolute Gasteiger partial charge is 0.328 e. The van der Waals surface area contributed by atoms with Gasteiger partial charge in [0.05, 0.1) is 11.0 Å². The Morgan fingerprint density at radius 1 is 1.24 bits per heavy atom. The van der Waals surface area contributed by atoms with Crippen LogP contribution in [-0.4, -0.2) is 15.6 Å². The van der Waals surface area contributed by atoms with Crippen LogP contribution in [0.4, 0.5) is 0 Å². The Morgan fingerprint density at radius 3 is 2.59 bits per heavy atom. The van der Waals surface area contributed by atoms with E-state index in [1.807, 2.05) is 13.0 Å². The van der Waals surface area contributed by atoms with Crippen LogP contribution in [0.3, 0.4) is 0 Å². The van der Waals surface area contributed by atoms with E-state index in [0.717, 1.165) is 24.2 Å². The van der Waals surface area contributed by atoms with Crippen LogP contribution in [0.25, 0.3) is 11.0 Å². The zero-order valence-electron chi connectivity index (χ0n) is 10.9. The average Bonchev–Trinajstić information content (AvgIpc) is 2.64. The standard InChI is InChI=1S/C14H21N3/c1-10(2)17-13-7-5-4-6-12(13)16-14(17)9-8-11(3)15/h4-7,10-11H,8-9,15H2,1-3H3. The Bertz CT molecular complexity index is 497. The van der Waals surface area contributed by atoms with Gasteiger partial charge in [-0.15, -0.1) is 0 Å². The van der Waals surface area contributed by atoms with E-state index in [-0.39, 0.29) is 6.04 Å². The lowest BCUT2D eigenvalue weighted by molar-refractivity contribution is 0.559. The molecule has 0 radical (unpaired) electrons. The zero-order chi connectivity index (χ0) is 12.4. The first-order valence-corrected chi connectivity index (χ1v) is 6.31. The van der Waals surface area contributed by atoms with Gasteiger partial charge in [-0.2, -0.15) is 0 Å². The molecule has 0 amide bonds. The van der Waals surface area contributed by atoms with Crippen molar-refractivity contribution in [1.82, 2.24) is 9.55 Å². The van der Waals surface area contributed by atoms with Gasteiger partial charge in [-0.25, -0.2) is 4.98 Å². The molecule has 0 fully saturated rings. The van der Waals surface area contributed by atoms with Gasteiger partial charge in [0.25, 0.3) is 0 Å². The molecule has 0 aliphatic heterocycles. The highest BCUT2D eigenvalue weighted by Crippen LogP contribution is 2.21. The van der Waals surface area contributed by atoms with E-state index in [4.69, 9.17) is 10.7 Å². The molecule has 3 heteroatoms. The van der Waals surface area contributed by atoms with Crippen LogP contribution in [0, 0.1) is 0 Å². The number of benzene rings is 1. The average molecular weight is 231 g/mol. The van der Waals surface area contributed by atoms with Crippen molar-refractivity contribution in [1.29, 1.82) is 0 Å². The molecule has 0 aliphatic rings. The fourth-order valence-electron chi connectivity index (χ4n) is 2.20. The highest BCUT2D eigenvalue weighted by molar-refractivity contribution is 5.76. The van der Waals surface area contributed by atoms with Crippen molar-refractivity contribution >= 4 is 11.0 Å². The van der Waals surface area contributed by atoms with Crippen molar-refractivity contribution in [2.75, 3.05) is 0 Å². The molecule has 0 bridgehead atoms. The summed E-state index contributed by atoms with van der Waals surface area (Å²) in [7, 11) is 0. The lowest BCUT2D eigenvalue weighted by Crippen LogP contribution is -2.17. The normalized spacial score (nSPS) is 13.5. The molecule has 92 valence electrons. The maximum Gasteiger partial charge on any atom is 0.110 e. The lowest BCUT2D eigenvalue weighted by Gasteiger charge is -2.13. The summed E-state index contributed by atoms with van der Waals surface area (Å²) in [5.74, 6) is 1.15. The summed E-state index contributed by atoms with van der Waals surface area (Å²) in [5, 5.41) is 0. The molecule has 1 aromatic heterocycles. The van der Waals surface area contributed by atoms with Gasteiger partial charge >= 0.3 is 0 Å². The van der Waals surface area contributed by atoms with Crippen LogP contribution in [0.1, 0.15) is 39.1 Å². The SMILES string of the molecule is CC(N)CCc1nc2ccccc2n1C(C)C. The summed E-state index contributed by atoms with van der Waals surface area (Å²) in [6, 6.07) is 8.98. The number of fused-ring (bicyclic) bond motifs is 1. The third-order valence-electron chi connectivity index (χ3n) is 3.01. The first kappa shape index (κ1) is 12.1. The fourth-order valence-corrected chi connectivity index (χ4v) is 2.20. The molecule has 1 atom stereocenters. The molecule has 0 saturated heterocycles. The van der Waals surface area contributed by atoms with Gasteiger partial charge < -0.3 is 10.3 Å². The Balaban J connectivity index is 2.43. The van der Waals surface area contributed by atoms with E-state index < -0.39 is 0 Å². The number of imidazole rings is 1. The molecular formula is C14H21N3. The van der Waals surface area contributed by atoms with Gasteiger partial charge in [0.1, 0.15) is 5.82 Å². The maximum atomic E-state index is 5.82. The third-order valence-corrected chi connectivity index (χ3v) is 3.01. The minimum absolute atomic E-state index is 0.232. The number of hydrogen-bond donors (Lipinski definition) is 1. The molecular weight excluding hydrogens is 210 g/mol. The van der Waals surface area contributed by atoms with Gasteiger partial charge in [-0.05, 0) is 39.3 Å². The number of para-hydroxylation sites is 2. The summed E-state index contributed by atoms with van der Waals surface area (Å²) in [6.45, 7) is 6.44. The van der Waals surface area contributed by atoms with Crippen molar-refractivity contribution in [2.45, 2.75) is 45.7 Å². The van der Waals surface area contributed by atoms with Crippen molar-refractivity contribution in [2.24, 2.45) is 5.73 Å².